The SMILES string of the molecule is CCOc1ccnc(NC[C@H]2CCN(C3CCCCC3)C2)n1. The largest absolute Gasteiger partial charge is 0.478 e. The number of nitrogens with zero attached hydrogens (tertiary/aromatic N) is 3. The number of likely N-dealkylation sites (tertiary alicyclic amines) is 1. The van der Waals surface area contributed by atoms with Crippen LogP contribution in [0.3, 0.4) is 0 Å². The zero-order valence-corrected chi connectivity index (χ0v) is 13.6. The maximum Gasteiger partial charge on any atom is 0.225 e. The summed E-state index contributed by atoms with van der Waals surface area (Å²) in [6, 6.07) is 2.64. The van der Waals surface area contributed by atoms with Crippen LogP contribution in [0.1, 0.15) is 45.4 Å². The highest BCUT2D eigenvalue weighted by Gasteiger charge is 2.28. The molecule has 2 fully saturated rings. The van der Waals surface area contributed by atoms with Gasteiger partial charge in [-0.25, -0.2) is 4.98 Å². The molecule has 2 heterocycles. The normalized spacial score (nSPS) is 23.6. The Hall–Kier alpha value is -1.36. The van der Waals surface area contributed by atoms with Crippen LogP contribution in [0.25, 0.3) is 0 Å². The summed E-state index contributed by atoms with van der Waals surface area (Å²) in [7, 11) is 0. The topological polar surface area (TPSA) is 50.3 Å². The van der Waals surface area contributed by atoms with E-state index in [9.17, 15) is 0 Å². The summed E-state index contributed by atoms with van der Waals surface area (Å²) in [6.45, 7) is 6.04. The van der Waals surface area contributed by atoms with Crippen LogP contribution in [0.2, 0.25) is 0 Å². The van der Waals surface area contributed by atoms with Gasteiger partial charge in [0, 0.05) is 31.4 Å². The van der Waals surface area contributed by atoms with Crippen LogP contribution in [0.4, 0.5) is 5.95 Å². The summed E-state index contributed by atoms with van der Waals surface area (Å²) in [4.78, 5) is 11.4. The van der Waals surface area contributed by atoms with Gasteiger partial charge in [0.05, 0.1) is 6.61 Å². The summed E-state index contributed by atoms with van der Waals surface area (Å²) in [5.74, 6) is 2.04. The van der Waals surface area contributed by atoms with Crippen molar-refractivity contribution in [3.05, 3.63) is 12.3 Å². The Labute approximate surface area is 133 Å². The van der Waals surface area contributed by atoms with Crippen LogP contribution in [-0.4, -0.2) is 47.2 Å². The lowest BCUT2D eigenvalue weighted by atomic mass is 9.94. The molecule has 5 heteroatoms. The Balaban J connectivity index is 1.45. The van der Waals surface area contributed by atoms with E-state index in [0.29, 0.717) is 24.4 Å². The van der Waals surface area contributed by atoms with Gasteiger partial charge in [-0.2, -0.15) is 4.98 Å². The molecule has 1 saturated heterocycles. The highest BCUT2D eigenvalue weighted by atomic mass is 16.5. The van der Waals surface area contributed by atoms with Crippen molar-refractivity contribution in [2.24, 2.45) is 5.92 Å². The van der Waals surface area contributed by atoms with Gasteiger partial charge in [-0.15, -0.1) is 0 Å². The van der Waals surface area contributed by atoms with Crippen molar-refractivity contribution >= 4 is 5.95 Å². The molecule has 1 aliphatic heterocycles. The molecular weight excluding hydrogens is 276 g/mol. The first-order chi connectivity index (χ1) is 10.8. The van der Waals surface area contributed by atoms with Gasteiger partial charge < -0.3 is 15.0 Å². The van der Waals surface area contributed by atoms with Crippen molar-refractivity contribution < 1.29 is 4.74 Å². The minimum Gasteiger partial charge on any atom is -0.478 e. The molecule has 22 heavy (non-hydrogen) atoms. The van der Waals surface area contributed by atoms with Crippen molar-refractivity contribution in [2.75, 3.05) is 31.6 Å². The van der Waals surface area contributed by atoms with E-state index in [0.717, 1.165) is 12.6 Å². The van der Waals surface area contributed by atoms with E-state index in [1.165, 1.54) is 51.6 Å². The van der Waals surface area contributed by atoms with Crippen LogP contribution < -0.4 is 10.1 Å². The highest BCUT2D eigenvalue weighted by Crippen LogP contribution is 2.27. The molecule has 0 amide bonds. The molecule has 1 aromatic heterocycles. The zero-order valence-electron chi connectivity index (χ0n) is 13.6. The summed E-state index contributed by atoms with van der Waals surface area (Å²) in [5.41, 5.74) is 0. The van der Waals surface area contributed by atoms with Crippen LogP contribution in [0.15, 0.2) is 12.3 Å². The third kappa shape index (κ3) is 4.09. The molecule has 1 saturated carbocycles. The first kappa shape index (κ1) is 15.5. The fourth-order valence-electron chi connectivity index (χ4n) is 3.70. The van der Waals surface area contributed by atoms with E-state index in [2.05, 4.69) is 20.2 Å². The van der Waals surface area contributed by atoms with Crippen molar-refractivity contribution in [3.8, 4) is 5.88 Å². The van der Waals surface area contributed by atoms with Gasteiger partial charge in [0.2, 0.25) is 11.8 Å². The molecule has 1 aromatic rings. The monoisotopic (exact) mass is 304 g/mol. The fourth-order valence-corrected chi connectivity index (χ4v) is 3.70. The number of nitrogens with one attached hydrogen (secondary N) is 1. The molecule has 0 bridgehead atoms. The van der Waals surface area contributed by atoms with Crippen LogP contribution >= 0.6 is 0 Å². The van der Waals surface area contributed by atoms with Crippen LogP contribution in [0, 0.1) is 5.92 Å². The molecule has 1 atom stereocenters. The Morgan fingerprint density at radius 2 is 2.14 bits per heavy atom. The fraction of sp³-hybridized carbons (Fsp3) is 0.765. The maximum atomic E-state index is 5.42. The quantitative estimate of drug-likeness (QED) is 0.875. The number of rotatable bonds is 6. The molecule has 5 nitrogen and oxygen atoms in total. The first-order valence-electron chi connectivity index (χ1n) is 8.79. The summed E-state index contributed by atoms with van der Waals surface area (Å²) in [6.07, 6.45) is 10.1. The molecule has 1 N–H and O–H groups in total. The van der Waals surface area contributed by atoms with E-state index in [1.54, 1.807) is 12.3 Å². The third-order valence-corrected chi connectivity index (χ3v) is 4.88. The number of anilines is 1. The average molecular weight is 304 g/mol. The number of aromatic nitrogens is 2. The summed E-state index contributed by atoms with van der Waals surface area (Å²) >= 11 is 0. The third-order valence-electron chi connectivity index (χ3n) is 4.88. The van der Waals surface area contributed by atoms with Gasteiger partial charge in [0.1, 0.15) is 0 Å². The molecule has 0 spiro atoms. The molecular formula is C17H28N4O. The molecule has 122 valence electrons. The van der Waals surface area contributed by atoms with Gasteiger partial charge in [-0.3, -0.25) is 0 Å². The molecule has 0 unspecified atom stereocenters. The molecule has 1 aliphatic carbocycles. The van der Waals surface area contributed by atoms with E-state index in [4.69, 9.17) is 4.74 Å². The smallest absolute Gasteiger partial charge is 0.225 e. The van der Waals surface area contributed by atoms with Gasteiger partial charge in [0.15, 0.2) is 0 Å². The van der Waals surface area contributed by atoms with E-state index in [-0.39, 0.29) is 0 Å². The molecule has 0 radical (unpaired) electrons. The van der Waals surface area contributed by atoms with Crippen molar-refractivity contribution in [1.29, 1.82) is 0 Å². The second-order valence-electron chi connectivity index (χ2n) is 6.47. The first-order valence-corrected chi connectivity index (χ1v) is 8.79. The lowest BCUT2D eigenvalue weighted by Gasteiger charge is -2.31. The summed E-state index contributed by atoms with van der Waals surface area (Å²) in [5, 5.41) is 3.38. The van der Waals surface area contributed by atoms with Crippen LogP contribution in [0.5, 0.6) is 5.88 Å². The Kier molecular flexibility index (Phi) is 5.48. The second-order valence-corrected chi connectivity index (χ2v) is 6.47. The van der Waals surface area contributed by atoms with E-state index >= 15 is 0 Å². The minimum atomic E-state index is 0.634. The predicted molar refractivity (Wildman–Crippen MR) is 88.2 cm³/mol. The Morgan fingerprint density at radius 1 is 1.27 bits per heavy atom. The molecule has 3 rings (SSSR count). The lowest BCUT2D eigenvalue weighted by molar-refractivity contribution is 0.186. The predicted octanol–water partition coefficient (Wildman–Crippen LogP) is 2.94. The van der Waals surface area contributed by atoms with Gasteiger partial charge in [-0.1, -0.05) is 19.3 Å². The Morgan fingerprint density at radius 3 is 2.95 bits per heavy atom. The van der Waals surface area contributed by atoms with Crippen molar-refractivity contribution in [3.63, 3.8) is 0 Å². The number of ether oxygens (including phenoxy) is 1. The van der Waals surface area contributed by atoms with E-state index < -0.39 is 0 Å². The number of hydrogen-bond donors (Lipinski definition) is 1. The Bertz CT molecular complexity index is 462. The van der Waals surface area contributed by atoms with E-state index in [1.807, 2.05) is 6.92 Å². The van der Waals surface area contributed by atoms with Crippen molar-refractivity contribution in [2.45, 2.75) is 51.5 Å². The lowest BCUT2D eigenvalue weighted by Crippen LogP contribution is -2.35. The maximum absolute atomic E-state index is 5.42. The number of hydrogen-bond acceptors (Lipinski definition) is 5. The molecule has 2 aliphatic rings. The van der Waals surface area contributed by atoms with Gasteiger partial charge >= 0.3 is 0 Å². The minimum absolute atomic E-state index is 0.634. The van der Waals surface area contributed by atoms with Crippen molar-refractivity contribution in [1.82, 2.24) is 14.9 Å². The highest BCUT2D eigenvalue weighted by molar-refractivity contribution is 5.27. The zero-order chi connectivity index (χ0) is 15.2. The van der Waals surface area contributed by atoms with Gasteiger partial charge in [0.25, 0.3) is 0 Å². The standard InChI is InChI=1S/C17H28N4O/c1-2-22-16-8-10-18-17(20-16)19-12-14-9-11-21(13-14)15-6-4-3-5-7-15/h8,10,14-15H,2-7,9,11-13H2,1H3,(H,18,19,20)/t14-/m1/s1. The average Bonchev–Trinajstić information content (AvgIpc) is 3.04. The van der Waals surface area contributed by atoms with Gasteiger partial charge in [-0.05, 0) is 38.6 Å². The molecule has 0 aromatic carbocycles. The summed E-state index contributed by atoms with van der Waals surface area (Å²) < 4.78 is 5.42. The van der Waals surface area contributed by atoms with Crippen LogP contribution in [-0.2, 0) is 0 Å². The second kappa shape index (κ2) is 7.77.